The Morgan fingerprint density at radius 2 is 2.11 bits per heavy atom. The fourth-order valence-electron chi connectivity index (χ4n) is 1.99. The Morgan fingerprint density at radius 3 is 2.79 bits per heavy atom. The summed E-state index contributed by atoms with van der Waals surface area (Å²) in [6, 6.07) is 10.4. The molecule has 0 N–H and O–H groups in total. The molecule has 0 aliphatic carbocycles. The van der Waals surface area contributed by atoms with E-state index in [-0.39, 0.29) is 0 Å². The molecule has 19 heavy (non-hydrogen) atoms. The average molecular weight is 340 g/mol. The monoisotopic (exact) mass is 338 g/mol. The third-order valence-electron chi connectivity index (χ3n) is 3.19. The summed E-state index contributed by atoms with van der Waals surface area (Å²) < 4.78 is 1.01. The summed E-state index contributed by atoms with van der Waals surface area (Å²) in [5, 5.41) is 0.780. The normalized spacial score (nSPS) is 12.7. The Morgan fingerprint density at radius 1 is 1.32 bits per heavy atom. The topological polar surface area (TPSA) is 16.1 Å². The van der Waals surface area contributed by atoms with Gasteiger partial charge in [0.15, 0.2) is 0 Å². The van der Waals surface area contributed by atoms with E-state index in [0.717, 1.165) is 16.0 Å². The van der Waals surface area contributed by atoms with Gasteiger partial charge in [0.05, 0.1) is 0 Å². The van der Waals surface area contributed by atoms with Crippen molar-refractivity contribution in [2.24, 2.45) is 0 Å². The van der Waals surface area contributed by atoms with Gasteiger partial charge in [-0.05, 0) is 59.2 Å². The Labute approximate surface area is 127 Å². The van der Waals surface area contributed by atoms with Crippen LogP contribution in [-0.2, 0) is 6.54 Å². The second kappa shape index (κ2) is 6.51. The maximum atomic E-state index is 6.04. The Kier molecular flexibility index (Phi) is 4.97. The summed E-state index contributed by atoms with van der Waals surface area (Å²) in [5.41, 5.74) is 2.41. The first-order chi connectivity index (χ1) is 9.06. The van der Waals surface area contributed by atoms with Gasteiger partial charge in [0.2, 0.25) is 0 Å². The summed E-state index contributed by atoms with van der Waals surface area (Å²) in [5.74, 6) is 0. The van der Waals surface area contributed by atoms with Gasteiger partial charge in [0.25, 0.3) is 0 Å². The second-order valence-corrected chi connectivity index (χ2v) is 6.01. The van der Waals surface area contributed by atoms with Crippen molar-refractivity contribution in [3.8, 4) is 0 Å². The quantitative estimate of drug-likeness (QED) is 0.803. The molecule has 4 heteroatoms. The molecular weight excluding hydrogens is 324 g/mol. The molecule has 100 valence electrons. The number of nitrogens with zero attached hydrogens (tertiary/aromatic N) is 2. The lowest BCUT2D eigenvalue weighted by Crippen LogP contribution is -2.22. The predicted molar refractivity (Wildman–Crippen MR) is 83.3 cm³/mol. The first kappa shape index (κ1) is 14.5. The minimum atomic E-state index is 0.303. The van der Waals surface area contributed by atoms with E-state index in [1.807, 2.05) is 24.4 Å². The van der Waals surface area contributed by atoms with Gasteiger partial charge in [0, 0.05) is 34.5 Å². The number of aromatic nitrogens is 1. The third-order valence-corrected chi connectivity index (χ3v) is 3.85. The first-order valence-corrected chi connectivity index (χ1v) is 7.28. The number of hydrogen-bond acceptors (Lipinski definition) is 2. The van der Waals surface area contributed by atoms with E-state index in [1.165, 1.54) is 11.1 Å². The van der Waals surface area contributed by atoms with E-state index in [4.69, 9.17) is 11.6 Å². The smallest absolute Gasteiger partial charge is 0.0410 e. The zero-order valence-electron chi connectivity index (χ0n) is 11.0. The van der Waals surface area contributed by atoms with Crippen LogP contribution in [-0.4, -0.2) is 16.9 Å². The number of halogens is 2. The Balaban J connectivity index is 2.09. The fourth-order valence-corrected chi connectivity index (χ4v) is 2.60. The van der Waals surface area contributed by atoms with Crippen LogP contribution in [0.25, 0.3) is 0 Å². The molecular formula is C15H16BrClN2. The van der Waals surface area contributed by atoms with Crippen molar-refractivity contribution < 1.29 is 0 Å². The molecule has 1 atom stereocenters. The van der Waals surface area contributed by atoms with Crippen LogP contribution in [0.4, 0.5) is 0 Å². The van der Waals surface area contributed by atoms with Crippen molar-refractivity contribution in [3.63, 3.8) is 0 Å². The second-order valence-electron chi connectivity index (χ2n) is 4.66. The standard InChI is InChI=1S/C15H16BrClN2/c1-11(13-4-3-5-15(17)7-13)19(2)10-12-6-14(16)9-18-8-12/h3-9,11H,10H2,1-2H3. The van der Waals surface area contributed by atoms with E-state index in [2.05, 4.69) is 51.9 Å². The maximum Gasteiger partial charge on any atom is 0.0410 e. The van der Waals surface area contributed by atoms with E-state index in [0.29, 0.717) is 6.04 Å². The Hall–Kier alpha value is -0.900. The number of benzene rings is 1. The number of rotatable bonds is 4. The van der Waals surface area contributed by atoms with Gasteiger partial charge in [-0.1, -0.05) is 23.7 Å². The lowest BCUT2D eigenvalue weighted by Gasteiger charge is -2.25. The molecule has 0 saturated carbocycles. The summed E-state index contributed by atoms with van der Waals surface area (Å²) in [6.07, 6.45) is 3.69. The molecule has 0 aliphatic rings. The largest absolute Gasteiger partial charge is 0.295 e. The van der Waals surface area contributed by atoms with Crippen LogP contribution in [0.3, 0.4) is 0 Å². The van der Waals surface area contributed by atoms with Gasteiger partial charge in [0.1, 0.15) is 0 Å². The number of pyridine rings is 1. The summed E-state index contributed by atoms with van der Waals surface area (Å²) in [7, 11) is 2.10. The van der Waals surface area contributed by atoms with Crippen LogP contribution in [0.2, 0.25) is 5.02 Å². The molecule has 1 aromatic carbocycles. The highest BCUT2D eigenvalue weighted by molar-refractivity contribution is 9.10. The van der Waals surface area contributed by atoms with Crippen molar-refractivity contribution in [2.45, 2.75) is 19.5 Å². The highest BCUT2D eigenvalue weighted by atomic mass is 79.9. The van der Waals surface area contributed by atoms with Crippen molar-refractivity contribution in [2.75, 3.05) is 7.05 Å². The van der Waals surface area contributed by atoms with Crippen molar-refractivity contribution in [1.82, 2.24) is 9.88 Å². The lowest BCUT2D eigenvalue weighted by molar-refractivity contribution is 0.253. The van der Waals surface area contributed by atoms with E-state index in [1.54, 1.807) is 6.20 Å². The van der Waals surface area contributed by atoms with Crippen LogP contribution >= 0.6 is 27.5 Å². The SMILES string of the molecule is CC(c1cccc(Cl)c1)N(C)Cc1cncc(Br)c1. The van der Waals surface area contributed by atoms with Gasteiger partial charge in [-0.25, -0.2) is 0 Å². The fraction of sp³-hybridized carbons (Fsp3) is 0.267. The van der Waals surface area contributed by atoms with Gasteiger partial charge < -0.3 is 0 Å². The van der Waals surface area contributed by atoms with E-state index in [9.17, 15) is 0 Å². The molecule has 1 heterocycles. The third kappa shape index (κ3) is 4.03. The molecule has 0 amide bonds. The highest BCUT2D eigenvalue weighted by Gasteiger charge is 2.12. The highest BCUT2D eigenvalue weighted by Crippen LogP contribution is 2.23. The molecule has 0 fully saturated rings. The molecule has 1 unspecified atom stereocenters. The summed E-state index contributed by atoms with van der Waals surface area (Å²) in [6.45, 7) is 3.02. The zero-order valence-corrected chi connectivity index (χ0v) is 13.3. The van der Waals surface area contributed by atoms with Crippen LogP contribution in [0.5, 0.6) is 0 Å². The van der Waals surface area contributed by atoms with Gasteiger partial charge in [-0.2, -0.15) is 0 Å². The van der Waals surface area contributed by atoms with E-state index < -0.39 is 0 Å². The molecule has 0 aliphatic heterocycles. The number of hydrogen-bond donors (Lipinski definition) is 0. The summed E-state index contributed by atoms with van der Waals surface area (Å²) in [4.78, 5) is 6.46. The van der Waals surface area contributed by atoms with Gasteiger partial charge in [-0.3, -0.25) is 9.88 Å². The minimum Gasteiger partial charge on any atom is -0.295 e. The predicted octanol–water partition coefficient (Wildman–Crippen LogP) is 4.69. The molecule has 0 spiro atoms. The van der Waals surface area contributed by atoms with Crippen LogP contribution in [0.1, 0.15) is 24.1 Å². The Bertz CT molecular complexity index is 559. The molecule has 0 radical (unpaired) electrons. The van der Waals surface area contributed by atoms with E-state index >= 15 is 0 Å². The van der Waals surface area contributed by atoms with Crippen molar-refractivity contribution in [3.05, 3.63) is 63.3 Å². The van der Waals surface area contributed by atoms with Gasteiger partial charge in [-0.15, -0.1) is 0 Å². The van der Waals surface area contributed by atoms with Crippen LogP contribution in [0, 0.1) is 0 Å². The molecule has 2 rings (SSSR count). The molecule has 0 saturated heterocycles. The first-order valence-electron chi connectivity index (χ1n) is 6.11. The minimum absolute atomic E-state index is 0.303. The molecule has 0 bridgehead atoms. The van der Waals surface area contributed by atoms with Crippen LogP contribution in [0.15, 0.2) is 47.2 Å². The summed E-state index contributed by atoms with van der Waals surface area (Å²) >= 11 is 9.48. The maximum absolute atomic E-state index is 6.04. The zero-order chi connectivity index (χ0) is 13.8. The molecule has 2 nitrogen and oxygen atoms in total. The lowest BCUT2D eigenvalue weighted by atomic mass is 10.1. The molecule has 2 aromatic rings. The average Bonchev–Trinajstić information content (AvgIpc) is 2.38. The van der Waals surface area contributed by atoms with Crippen molar-refractivity contribution >= 4 is 27.5 Å². The molecule has 1 aromatic heterocycles. The van der Waals surface area contributed by atoms with Crippen LogP contribution < -0.4 is 0 Å². The van der Waals surface area contributed by atoms with Crippen molar-refractivity contribution in [1.29, 1.82) is 0 Å². The van der Waals surface area contributed by atoms with Gasteiger partial charge >= 0.3 is 0 Å².